The number of carbonyl (C=O) groups is 1. The number of likely N-dealkylation sites (N-methyl/N-ethyl adjacent to an activating group) is 1. The molecule has 4 heterocycles. The van der Waals surface area contributed by atoms with Crippen LogP contribution in [0.2, 0.25) is 0 Å². The van der Waals surface area contributed by atoms with Crippen molar-refractivity contribution in [3.05, 3.63) is 64.6 Å². The molecule has 0 unspecified atom stereocenters. The Kier molecular flexibility index (Phi) is 4.93. The van der Waals surface area contributed by atoms with E-state index < -0.39 is 29.6 Å². The van der Waals surface area contributed by atoms with Gasteiger partial charge in [-0.25, -0.2) is 19.3 Å². The van der Waals surface area contributed by atoms with Crippen LogP contribution in [0.5, 0.6) is 0 Å². The lowest BCUT2D eigenvalue weighted by atomic mass is 10.0. The van der Waals surface area contributed by atoms with Crippen LogP contribution in [0.15, 0.2) is 30.5 Å². The van der Waals surface area contributed by atoms with Crippen LogP contribution in [0.3, 0.4) is 0 Å². The summed E-state index contributed by atoms with van der Waals surface area (Å²) in [7, 11) is 1.44. The van der Waals surface area contributed by atoms with Crippen molar-refractivity contribution in [2.75, 3.05) is 19.4 Å². The lowest BCUT2D eigenvalue weighted by Crippen LogP contribution is -2.37. The number of rotatable bonds is 2. The molecule has 0 fully saturated rings. The Balaban J connectivity index is 1.56. The maximum Gasteiger partial charge on any atom is 0.433 e. The van der Waals surface area contributed by atoms with Gasteiger partial charge in [0.25, 0.3) is 5.91 Å². The third kappa shape index (κ3) is 3.41. The Hall–Kier alpha value is -3.80. The van der Waals surface area contributed by atoms with E-state index in [-0.39, 0.29) is 35.8 Å². The smallest absolute Gasteiger partial charge is 0.382 e. The topological polar surface area (TPSA) is 98.6 Å². The Labute approximate surface area is 190 Å². The minimum absolute atomic E-state index is 0.0282. The van der Waals surface area contributed by atoms with E-state index in [1.165, 1.54) is 30.3 Å². The van der Waals surface area contributed by atoms with Gasteiger partial charge in [0, 0.05) is 18.7 Å². The summed E-state index contributed by atoms with van der Waals surface area (Å²) in [5.74, 6) is -0.738. The van der Waals surface area contributed by atoms with Crippen molar-refractivity contribution in [1.82, 2.24) is 24.3 Å². The van der Waals surface area contributed by atoms with E-state index in [4.69, 9.17) is 10.5 Å². The predicted octanol–water partition coefficient (Wildman–Crippen LogP) is 3.67. The van der Waals surface area contributed by atoms with Crippen LogP contribution in [-0.2, 0) is 17.5 Å². The lowest BCUT2D eigenvalue weighted by molar-refractivity contribution is -0.141. The molecule has 8 nitrogen and oxygen atoms in total. The number of benzene rings is 1. The zero-order valence-electron chi connectivity index (χ0n) is 18.0. The molecule has 1 aliphatic heterocycles. The van der Waals surface area contributed by atoms with Crippen LogP contribution in [0.25, 0.3) is 16.6 Å². The molecule has 34 heavy (non-hydrogen) atoms. The Morgan fingerprint density at radius 1 is 1.24 bits per heavy atom. The molecule has 0 saturated carbocycles. The minimum Gasteiger partial charge on any atom is -0.382 e. The van der Waals surface area contributed by atoms with Gasteiger partial charge in [-0.3, -0.25) is 9.20 Å². The van der Waals surface area contributed by atoms with Gasteiger partial charge in [0.15, 0.2) is 0 Å². The highest BCUT2D eigenvalue weighted by Gasteiger charge is 2.36. The number of aryl methyl sites for hydroxylation is 1. The number of imidazole rings is 1. The molecule has 0 aliphatic carbocycles. The lowest BCUT2D eigenvalue weighted by Gasteiger charge is -2.33. The number of amides is 1. The summed E-state index contributed by atoms with van der Waals surface area (Å²) in [6.45, 7) is 1.65. The van der Waals surface area contributed by atoms with Gasteiger partial charge in [0.2, 0.25) is 0 Å². The van der Waals surface area contributed by atoms with E-state index >= 15 is 4.39 Å². The molecule has 176 valence electrons. The zero-order valence-corrected chi connectivity index (χ0v) is 18.0. The van der Waals surface area contributed by atoms with Gasteiger partial charge >= 0.3 is 6.18 Å². The van der Waals surface area contributed by atoms with Crippen LogP contribution < -0.4 is 5.73 Å². The van der Waals surface area contributed by atoms with Crippen LogP contribution in [0.1, 0.15) is 39.2 Å². The van der Waals surface area contributed by atoms with Gasteiger partial charge in [-0.1, -0.05) is 6.07 Å². The fourth-order valence-corrected chi connectivity index (χ4v) is 4.20. The number of halogens is 4. The van der Waals surface area contributed by atoms with Crippen molar-refractivity contribution >= 4 is 28.3 Å². The average Bonchev–Trinajstić information content (AvgIpc) is 3.19. The van der Waals surface area contributed by atoms with E-state index in [0.29, 0.717) is 22.4 Å². The highest BCUT2D eigenvalue weighted by Crippen LogP contribution is 2.34. The second-order valence-electron chi connectivity index (χ2n) is 8.02. The van der Waals surface area contributed by atoms with Crippen molar-refractivity contribution in [3.63, 3.8) is 0 Å². The molecular formula is C22H18F4N6O2. The number of pyridine rings is 1. The number of hydrogen-bond acceptors (Lipinski definition) is 6. The Morgan fingerprint density at radius 2 is 2.00 bits per heavy atom. The van der Waals surface area contributed by atoms with Crippen LogP contribution in [0.4, 0.5) is 23.4 Å². The number of carbonyl (C=O) groups excluding carboxylic acids is 1. The Bertz CT molecular complexity index is 1470. The molecule has 5 rings (SSSR count). The fourth-order valence-electron chi connectivity index (χ4n) is 4.20. The summed E-state index contributed by atoms with van der Waals surface area (Å²) in [5.41, 5.74) is 6.38. The molecule has 2 N–H and O–H groups in total. The first-order valence-corrected chi connectivity index (χ1v) is 10.2. The number of alkyl halides is 3. The maximum absolute atomic E-state index is 15.0. The summed E-state index contributed by atoms with van der Waals surface area (Å²) >= 11 is 0. The van der Waals surface area contributed by atoms with E-state index in [2.05, 4.69) is 15.0 Å². The van der Waals surface area contributed by atoms with Gasteiger partial charge < -0.3 is 15.4 Å². The normalized spacial score (nSPS) is 16.1. The third-order valence-corrected chi connectivity index (χ3v) is 5.94. The molecule has 1 aromatic carbocycles. The molecule has 4 aromatic rings. The number of nitrogen functional groups attached to an aromatic ring is 1. The van der Waals surface area contributed by atoms with Crippen LogP contribution in [-0.4, -0.2) is 43.8 Å². The molecule has 3 aromatic heterocycles. The minimum atomic E-state index is -4.61. The molecule has 0 saturated heterocycles. The molecule has 0 spiro atoms. The molecule has 12 heteroatoms. The first kappa shape index (κ1) is 22.0. The number of aromatic nitrogens is 4. The molecule has 0 radical (unpaired) electrons. The van der Waals surface area contributed by atoms with Crippen molar-refractivity contribution in [1.29, 1.82) is 0 Å². The standard InChI is InChI=1S/C22H18F4N6O2/c1-10-28-7-17-20(27)30-14-6-13(23)12(5-16(14)32(10)17)21(33)31(2)18-9-34-8-15-11(18)3-4-19(29-15)22(24,25)26/h3-7,18H,8-9H2,1-2H3,(H2,27,30)/t18-/m1/s1. The fraction of sp³-hybridized carbons (Fsp3) is 0.273. The largest absolute Gasteiger partial charge is 0.433 e. The Morgan fingerprint density at radius 3 is 2.74 bits per heavy atom. The summed E-state index contributed by atoms with van der Waals surface area (Å²) in [4.78, 5) is 26.6. The van der Waals surface area contributed by atoms with Gasteiger partial charge in [-0.05, 0) is 19.1 Å². The SMILES string of the molecule is Cc1ncc2c(N)nc3cc(F)c(C(=O)N(C)[C@@H]4COCc5nc(C(F)(F)F)ccc54)cc3n12. The van der Waals surface area contributed by atoms with Crippen molar-refractivity contribution in [2.24, 2.45) is 0 Å². The highest BCUT2D eigenvalue weighted by molar-refractivity contribution is 5.98. The summed E-state index contributed by atoms with van der Waals surface area (Å²) < 4.78 is 61.2. The number of ether oxygens (including phenoxy) is 1. The highest BCUT2D eigenvalue weighted by atomic mass is 19.4. The molecule has 1 aliphatic rings. The van der Waals surface area contributed by atoms with Gasteiger partial charge in [-0.15, -0.1) is 0 Å². The molecular weight excluding hydrogens is 456 g/mol. The van der Waals surface area contributed by atoms with E-state index in [1.54, 1.807) is 11.3 Å². The van der Waals surface area contributed by atoms with Gasteiger partial charge in [-0.2, -0.15) is 13.2 Å². The second kappa shape index (κ2) is 7.62. The predicted molar refractivity (Wildman–Crippen MR) is 113 cm³/mol. The molecule has 1 amide bonds. The van der Waals surface area contributed by atoms with E-state index in [9.17, 15) is 18.0 Å². The summed E-state index contributed by atoms with van der Waals surface area (Å²) in [5, 5.41) is 0. The van der Waals surface area contributed by atoms with E-state index in [1.807, 2.05) is 0 Å². The summed E-state index contributed by atoms with van der Waals surface area (Å²) in [6.07, 6.45) is -3.07. The van der Waals surface area contributed by atoms with Crippen molar-refractivity contribution in [3.8, 4) is 0 Å². The van der Waals surface area contributed by atoms with Crippen LogP contribution in [0, 0.1) is 12.7 Å². The second-order valence-corrected chi connectivity index (χ2v) is 8.02. The maximum atomic E-state index is 15.0. The first-order chi connectivity index (χ1) is 16.1. The first-order valence-electron chi connectivity index (χ1n) is 10.2. The summed E-state index contributed by atoms with van der Waals surface area (Å²) in [6, 6.07) is 3.88. The van der Waals surface area contributed by atoms with Crippen molar-refractivity contribution in [2.45, 2.75) is 25.7 Å². The third-order valence-electron chi connectivity index (χ3n) is 5.94. The number of hydrogen-bond donors (Lipinski definition) is 1. The van der Waals surface area contributed by atoms with Crippen molar-refractivity contribution < 1.29 is 27.1 Å². The monoisotopic (exact) mass is 474 g/mol. The number of fused-ring (bicyclic) bond motifs is 4. The average molecular weight is 474 g/mol. The molecule has 0 bridgehead atoms. The van der Waals surface area contributed by atoms with Gasteiger partial charge in [0.05, 0.1) is 47.7 Å². The quantitative estimate of drug-likeness (QED) is 0.445. The van der Waals surface area contributed by atoms with Crippen LogP contribution >= 0.6 is 0 Å². The zero-order chi connectivity index (χ0) is 24.4. The number of nitrogens with two attached hydrogens (primary N) is 1. The number of anilines is 1. The molecule has 1 atom stereocenters. The van der Waals surface area contributed by atoms with E-state index in [0.717, 1.165) is 12.1 Å². The number of nitrogens with zero attached hydrogens (tertiary/aromatic N) is 5. The van der Waals surface area contributed by atoms with Gasteiger partial charge in [0.1, 0.15) is 28.7 Å².